The third kappa shape index (κ3) is 2.49. The van der Waals surface area contributed by atoms with Gasteiger partial charge in [0.2, 0.25) is 5.95 Å². The zero-order chi connectivity index (χ0) is 15.1. The summed E-state index contributed by atoms with van der Waals surface area (Å²) in [5.41, 5.74) is 10.1. The number of hydrogen-bond acceptors (Lipinski definition) is 4. The second-order valence-electron chi connectivity index (χ2n) is 5.22. The van der Waals surface area contributed by atoms with E-state index in [1.165, 1.54) is 12.1 Å². The van der Waals surface area contributed by atoms with Crippen LogP contribution in [0.15, 0.2) is 18.2 Å². The van der Waals surface area contributed by atoms with Crippen LogP contribution in [0.1, 0.15) is 28.6 Å². The summed E-state index contributed by atoms with van der Waals surface area (Å²) in [7, 11) is 1.89. The third-order valence-corrected chi connectivity index (χ3v) is 4.04. The molecule has 0 radical (unpaired) electrons. The SMILES string of the molecule is Bc1cc(F)ccc1[C@H]1Cc2nc(N)nc(C)c2C(=S)N1. The van der Waals surface area contributed by atoms with E-state index >= 15 is 0 Å². The van der Waals surface area contributed by atoms with Gasteiger partial charge < -0.3 is 11.1 Å². The van der Waals surface area contributed by atoms with E-state index in [0.717, 1.165) is 28.0 Å². The molecule has 0 unspecified atom stereocenters. The lowest BCUT2D eigenvalue weighted by Crippen LogP contribution is -2.38. The number of aryl methyl sites for hydroxylation is 1. The molecule has 3 rings (SSSR count). The van der Waals surface area contributed by atoms with Crippen molar-refractivity contribution in [1.29, 1.82) is 0 Å². The number of anilines is 1. The fourth-order valence-corrected chi connectivity index (χ4v) is 3.20. The summed E-state index contributed by atoms with van der Waals surface area (Å²) < 4.78 is 13.3. The number of hydrogen-bond donors (Lipinski definition) is 2. The molecule has 0 amide bonds. The standard InChI is InChI=1S/C14H14BFN4S/c1-6-12-11(20-14(17)18-6)5-10(19-13(12)21)8-3-2-7(16)4-9(8)15/h2-4,10H,5,15H2,1H3,(H,19,21)(H2,17,18,20)/t10-/m1/s1. The molecule has 1 aromatic heterocycles. The van der Waals surface area contributed by atoms with Gasteiger partial charge in [0.25, 0.3) is 0 Å². The first-order valence-electron chi connectivity index (χ1n) is 6.65. The Morgan fingerprint density at radius 2 is 2.19 bits per heavy atom. The van der Waals surface area contributed by atoms with E-state index in [1.54, 1.807) is 6.07 Å². The third-order valence-electron chi connectivity index (χ3n) is 3.72. The van der Waals surface area contributed by atoms with Gasteiger partial charge in [-0.1, -0.05) is 23.7 Å². The van der Waals surface area contributed by atoms with Crippen molar-refractivity contribution in [2.75, 3.05) is 5.73 Å². The largest absolute Gasteiger partial charge is 0.369 e. The molecule has 2 heterocycles. The second kappa shape index (κ2) is 5.07. The van der Waals surface area contributed by atoms with E-state index in [0.29, 0.717) is 11.4 Å². The summed E-state index contributed by atoms with van der Waals surface area (Å²) in [5, 5.41) is 3.30. The van der Waals surface area contributed by atoms with Gasteiger partial charge >= 0.3 is 0 Å². The first-order valence-corrected chi connectivity index (χ1v) is 7.06. The Labute approximate surface area is 128 Å². The van der Waals surface area contributed by atoms with Gasteiger partial charge in [0.05, 0.1) is 23.0 Å². The van der Waals surface area contributed by atoms with Gasteiger partial charge in [-0.25, -0.2) is 14.4 Å². The molecule has 0 saturated heterocycles. The van der Waals surface area contributed by atoms with Gasteiger partial charge in [0, 0.05) is 6.42 Å². The van der Waals surface area contributed by atoms with Crippen molar-refractivity contribution in [1.82, 2.24) is 15.3 Å². The topological polar surface area (TPSA) is 63.8 Å². The normalized spacial score (nSPS) is 17.2. The van der Waals surface area contributed by atoms with Crippen molar-refractivity contribution in [2.24, 2.45) is 0 Å². The molecule has 0 spiro atoms. The Balaban J connectivity index is 2.04. The Morgan fingerprint density at radius 3 is 2.90 bits per heavy atom. The minimum absolute atomic E-state index is 0.0284. The molecule has 21 heavy (non-hydrogen) atoms. The smallest absolute Gasteiger partial charge is 0.220 e. The van der Waals surface area contributed by atoms with Crippen LogP contribution in [0.3, 0.4) is 0 Å². The average molecular weight is 300 g/mol. The number of rotatable bonds is 1. The lowest BCUT2D eigenvalue weighted by molar-refractivity contribution is 0.610. The highest BCUT2D eigenvalue weighted by Gasteiger charge is 2.27. The minimum atomic E-state index is -0.238. The van der Waals surface area contributed by atoms with E-state index in [-0.39, 0.29) is 17.8 Å². The summed E-state index contributed by atoms with van der Waals surface area (Å²) in [6, 6.07) is 4.74. The second-order valence-corrected chi connectivity index (χ2v) is 5.63. The zero-order valence-electron chi connectivity index (χ0n) is 11.8. The highest BCUT2D eigenvalue weighted by molar-refractivity contribution is 7.80. The number of nitrogens with zero attached hydrogens (tertiary/aromatic N) is 2. The summed E-state index contributed by atoms with van der Waals surface area (Å²) in [4.78, 5) is 9.08. The van der Waals surface area contributed by atoms with Crippen LogP contribution >= 0.6 is 12.2 Å². The average Bonchev–Trinajstić information content (AvgIpc) is 2.36. The molecule has 1 atom stereocenters. The van der Waals surface area contributed by atoms with Crippen LogP contribution in [0.4, 0.5) is 10.3 Å². The molecule has 4 nitrogen and oxygen atoms in total. The van der Waals surface area contributed by atoms with E-state index in [1.807, 2.05) is 14.8 Å². The molecule has 2 aromatic rings. The van der Waals surface area contributed by atoms with E-state index in [4.69, 9.17) is 18.0 Å². The number of aromatic nitrogens is 2. The van der Waals surface area contributed by atoms with Gasteiger partial charge in [-0.3, -0.25) is 0 Å². The molecule has 0 fully saturated rings. The predicted molar refractivity (Wildman–Crippen MR) is 87.0 cm³/mol. The summed E-state index contributed by atoms with van der Waals surface area (Å²) in [6.07, 6.45) is 0.648. The molecule has 1 aromatic carbocycles. The number of thiocarbonyl (C=S) groups is 1. The van der Waals surface area contributed by atoms with Crippen LogP contribution < -0.4 is 16.5 Å². The molecule has 3 N–H and O–H groups in total. The number of nitrogen functional groups attached to an aromatic ring is 1. The fourth-order valence-electron chi connectivity index (χ4n) is 2.79. The van der Waals surface area contributed by atoms with Crippen molar-refractivity contribution < 1.29 is 4.39 Å². The Bertz CT molecular complexity index is 750. The lowest BCUT2D eigenvalue weighted by atomic mass is 9.84. The van der Waals surface area contributed by atoms with Crippen LogP contribution in [0, 0.1) is 12.7 Å². The van der Waals surface area contributed by atoms with E-state index in [2.05, 4.69) is 15.3 Å². The van der Waals surface area contributed by atoms with Crippen LogP contribution in [-0.2, 0) is 6.42 Å². The molecule has 0 bridgehead atoms. The van der Waals surface area contributed by atoms with Gasteiger partial charge in [0.15, 0.2) is 0 Å². The van der Waals surface area contributed by atoms with Crippen LogP contribution in [0.5, 0.6) is 0 Å². The number of nitrogens with one attached hydrogen (secondary N) is 1. The van der Waals surface area contributed by atoms with Gasteiger partial charge in [-0.05, 0) is 24.6 Å². The summed E-state index contributed by atoms with van der Waals surface area (Å²) in [5.74, 6) is 0.0166. The zero-order valence-corrected chi connectivity index (χ0v) is 12.6. The highest BCUT2D eigenvalue weighted by Crippen LogP contribution is 2.26. The van der Waals surface area contributed by atoms with E-state index in [9.17, 15) is 4.39 Å². The molecule has 0 aliphatic carbocycles. The van der Waals surface area contributed by atoms with Crippen molar-refractivity contribution in [2.45, 2.75) is 19.4 Å². The summed E-state index contributed by atoms with van der Waals surface area (Å²) in [6.45, 7) is 1.87. The number of nitrogens with two attached hydrogens (primary N) is 1. The monoisotopic (exact) mass is 300 g/mol. The molecule has 7 heteroatoms. The maximum absolute atomic E-state index is 13.3. The maximum atomic E-state index is 13.3. The lowest BCUT2D eigenvalue weighted by Gasteiger charge is -2.29. The molecule has 1 aliphatic rings. The van der Waals surface area contributed by atoms with Crippen molar-refractivity contribution in [3.8, 4) is 0 Å². The fraction of sp³-hybridized carbons (Fsp3) is 0.214. The van der Waals surface area contributed by atoms with Crippen molar-refractivity contribution in [3.63, 3.8) is 0 Å². The van der Waals surface area contributed by atoms with Gasteiger partial charge in [-0.15, -0.1) is 0 Å². The quantitative estimate of drug-likeness (QED) is 0.587. The summed E-state index contributed by atoms with van der Waals surface area (Å²) >= 11 is 5.43. The van der Waals surface area contributed by atoms with Crippen LogP contribution in [-0.4, -0.2) is 22.8 Å². The number of halogens is 1. The molecular weight excluding hydrogens is 286 g/mol. The van der Waals surface area contributed by atoms with Crippen molar-refractivity contribution in [3.05, 3.63) is 46.5 Å². The number of benzene rings is 1. The number of fused-ring (bicyclic) bond motifs is 1. The maximum Gasteiger partial charge on any atom is 0.220 e. The Morgan fingerprint density at radius 1 is 1.43 bits per heavy atom. The first kappa shape index (κ1) is 13.9. The highest BCUT2D eigenvalue weighted by atomic mass is 32.1. The van der Waals surface area contributed by atoms with E-state index < -0.39 is 0 Å². The predicted octanol–water partition coefficient (Wildman–Crippen LogP) is 0.327. The Kier molecular flexibility index (Phi) is 3.37. The minimum Gasteiger partial charge on any atom is -0.369 e. The van der Waals surface area contributed by atoms with Crippen LogP contribution in [0.25, 0.3) is 0 Å². The molecule has 106 valence electrons. The van der Waals surface area contributed by atoms with Crippen molar-refractivity contribution >= 4 is 36.5 Å². The molecule has 1 aliphatic heterocycles. The Hall–Kier alpha value is -2.02. The first-order chi connectivity index (χ1) is 9.95. The van der Waals surface area contributed by atoms with Crippen LogP contribution in [0.2, 0.25) is 0 Å². The molecule has 0 saturated carbocycles. The van der Waals surface area contributed by atoms with Gasteiger partial charge in [-0.2, -0.15) is 0 Å². The van der Waals surface area contributed by atoms with Gasteiger partial charge in [0.1, 0.15) is 18.7 Å². The molecular formula is C14H14BFN4S.